The van der Waals surface area contributed by atoms with E-state index in [1.807, 2.05) is 25.1 Å². The van der Waals surface area contributed by atoms with Gasteiger partial charge < -0.3 is 5.32 Å². The van der Waals surface area contributed by atoms with Gasteiger partial charge in [0.25, 0.3) is 0 Å². The van der Waals surface area contributed by atoms with E-state index in [2.05, 4.69) is 9.84 Å². The highest BCUT2D eigenvalue weighted by atomic mass is 31.1. The first-order valence-electron chi connectivity index (χ1n) is 10.5. The standard InChI is InChI=1S/C23H30F2NO3P/c1-18-15-21(17-26-13-6-14-29-30(27)28)23(25)16-20(18)8-5-3-2-4-7-19-9-11-22(24)12-10-19/h9-12,15-16,26H,2-8,13-14,17H2,1H3/p+1. The molecule has 2 rings (SSSR count). The Morgan fingerprint density at radius 3 is 2.37 bits per heavy atom. The third-order valence-electron chi connectivity index (χ3n) is 5.09. The number of rotatable bonds is 14. The van der Waals surface area contributed by atoms with Crippen molar-refractivity contribution in [1.29, 1.82) is 0 Å². The van der Waals surface area contributed by atoms with Crippen LogP contribution in [0.25, 0.3) is 0 Å². The van der Waals surface area contributed by atoms with Crippen molar-refractivity contribution >= 4 is 8.25 Å². The van der Waals surface area contributed by atoms with Gasteiger partial charge in [-0.05, 0) is 80.5 Å². The Morgan fingerprint density at radius 2 is 1.67 bits per heavy atom. The van der Waals surface area contributed by atoms with Crippen molar-refractivity contribution in [2.75, 3.05) is 13.2 Å². The molecular weight excluding hydrogens is 407 g/mol. The van der Waals surface area contributed by atoms with Crippen molar-refractivity contribution in [3.05, 3.63) is 70.3 Å². The van der Waals surface area contributed by atoms with Gasteiger partial charge >= 0.3 is 8.25 Å². The Bertz CT molecular complexity index is 800. The van der Waals surface area contributed by atoms with Gasteiger partial charge in [0.15, 0.2) is 0 Å². The second-order valence-corrected chi connectivity index (χ2v) is 8.25. The van der Waals surface area contributed by atoms with E-state index in [0.29, 0.717) is 25.1 Å². The molecule has 0 saturated heterocycles. The highest BCUT2D eigenvalue weighted by Crippen LogP contribution is 2.19. The lowest BCUT2D eigenvalue weighted by Gasteiger charge is -2.11. The molecule has 0 amide bonds. The van der Waals surface area contributed by atoms with Gasteiger partial charge in [0.1, 0.15) is 18.2 Å². The Labute approximate surface area is 178 Å². The number of hydrogen-bond donors (Lipinski definition) is 2. The number of nitrogens with one attached hydrogen (secondary N) is 1. The van der Waals surface area contributed by atoms with Crippen LogP contribution in [-0.4, -0.2) is 18.0 Å². The number of halogens is 2. The summed E-state index contributed by atoms with van der Waals surface area (Å²) in [4.78, 5) is 8.55. The van der Waals surface area contributed by atoms with Gasteiger partial charge in [-0.25, -0.2) is 8.78 Å². The third-order valence-corrected chi connectivity index (χ3v) is 5.50. The van der Waals surface area contributed by atoms with Crippen LogP contribution in [0.2, 0.25) is 0 Å². The van der Waals surface area contributed by atoms with E-state index < -0.39 is 8.25 Å². The Kier molecular flexibility index (Phi) is 11.1. The van der Waals surface area contributed by atoms with E-state index in [9.17, 15) is 13.3 Å². The summed E-state index contributed by atoms with van der Waals surface area (Å²) in [5, 5.41) is 3.13. The van der Waals surface area contributed by atoms with Gasteiger partial charge in [0.05, 0.1) is 0 Å². The van der Waals surface area contributed by atoms with Crippen molar-refractivity contribution < 1.29 is 22.8 Å². The summed E-state index contributed by atoms with van der Waals surface area (Å²) in [7, 11) is -2.55. The molecule has 0 bridgehead atoms. The third kappa shape index (κ3) is 9.40. The predicted molar refractivity (Wildman–Crippen MR) is 116 cm³/mol. The molecule has 0 aliphatic heterocycles. The zero-order valence-electron chi connectivity index (χ0n) is 17.5. The van der Waals surface area contributed by atoms with Gasteiger partial charge in [0, 0.05) is 16.7 Å². The highest BCUT2D eigenvalue weighted by molar-refractivity contribution is 7.32. The Hall–Kier alpha value is -1.72. The molecular formula is C23H31F2NO3P+. The van der Waals surface area contributed by atoms with E-state index in [-0.39, 0.29) is 18.2 Å². The topological polar surface area (TPSA) is 58.6 Å². The smallest absolute Gasteiger partial charge is 0.312 e. The van der Waals surface area contributed by atoms with Gasteiger partial charge in [-0.2, -0.15) is 0 Å². The maximum Gasteiger partial charge on any atom is 0.694 e. The largest absolute Gasteiger partial charge is 0.694 e. The van der Waals surface area contributed by atoms with Crippen molar-refractivity contribution in [2.45, 2.75) is 58.4 Å². The Balaban J connectivity index is 1.65. The average molecular weight is 438 g/mol. The minimum atomic E-state index is -2.55. The zero-order chi connectivity index (χ0) is 21.8. The number of benzene rings is 2. The SMILES string of the molecule is Cc1cc(CNCCCO[P+](=O)O)c(F)cc1CCCCCCc1ccc(F)cc1. The molecule has 0 heterocycles. The van der Waals surface area contributed by atoms with Crippen molar-refractivity contribution in [2.24, 2.45) is 0 Å². The fourth-order valence-electron chi connectivity index (χ4n) is 3.40. The number of aryl methyl sites for hydroxylation is 3. The fraction of sp³-hybridized carbons (Fsp3) is 0.478. The molecule has 0 aliphatic rings. The molecule has 1 atom stereocenters. The molecule has 7 heteroatoms. The van der Waals surface area contributed by atoms with Crippen LogP contribution >= 0.6 is 8.25 Å². The van der Waals surface area contributed by atoms with E-state index in [1.165, 1.54) is 12.1 Å². The highest BCUT2D eigenvalue weighted by Gasteiger charge is 2.11. The van der Waals surface area contributed by atoms with E-state index in [0.717, 1.165) is 55.2 Å². The molecule has 0 saturated carbocycles. The van der Waals surface area contributed by atoms with E-state index in [4.69, 9.17) is 4.89 Å². The van der Waals surface area contributed by atoms with Gasteiger partial charge in [0.2, 0.25) is 0 Å². The molecule has 0 spiro atoms. The summed E-state index contributed by atoms with van der Waals surface area (Å²) in [6, 6.07) is 10.2. The Morgan fingerprint density at radius 1 is 0.967 bits per heavy atom. The maximum atomic E-state index is 14.4. The van der Waals surface area contributed by atoms with Crippen LogP contribution in [0.5, 0.6) is 0 Å². The molecule has 164 valence electrons. The summed E-state index contributed by atoms with van der Waals surface area (Å²) in [6.07, 6.45) is 6.70. The second-order valence-electron chi connectivity index (χ2n) is 7.51. The van der Waals surface area contributed by atoms with Crippen LogP contribution in [0.3, 0.4) is 0 Å². The van der Waals surface area contributed by atoms with E-state index >= 15 is 0 Å². The molecule has 2 aromatic rings. The first kappa shape index (κ1) is 24.5. The van der Waals surface area contributed by atoms with Crippen molar-refractivity contribution in [3.8, 4) is 0 Å². The van der Waals surface area contributed by atoms with Crippen LogP contribution in [0.1, 0.15) is 54.4 Å². The molecule has 2 aromatic carbocycles. The van der Waals surface area contributed by atoms with Crippen LogP contribution in [0, 0.1) is 18.6 Å². The van der Waals surface area contributed by atoms with Gasteiger partial charge in [-0.1, -0.05) is 31.0 Å². The molecule has 0 aromatic heterocycles. The molecule has 0 aliphatic carbocycles. The molecule has 30 heavy (non-hydrogen) atoms. The lowest BCUT2D eigenvalue weighted by atomic mass is 9.98. The molecule has 4 nitrogen and oxygen atoms in total. The molecule has 0 fully saturated rings. The van der Waals surface area contributed by atoms with Crippen LogP contribution in [-0.2, 0) is 28.5 Å². The molecule has 0 radical (unpaired) electrons. The normalized spacial score (nSPS) is 11.7. The minimum Gasteiger partial charge on any atom is -0.312 e. The van der Waals surface area contributed by atoms with Crippen LogP contribution in [0.4, 0.5) is 8.78 Å². The van der Waals surface area contributed by atoms with Crippen molar-refractivity contribution in [3.63, 3.8) is 0 Å². The van der Waals surface area contributed by atoms with Gasteiger partial charge in [-0.15, -0.1) is 9.42 Å². The van der Waals surface area contributed by atoms with E-state index in [1.54, 1.807) is 6.07 Å². The van der Waals surface area contributed by atoms with Gasteiger partial charge in [-0.3, -0.25) is 0 Å². The van der Waals surface area contributed by atoms with Crippen molar-refractivity contribution in [1.82, 2.24) is 5.32 Å². The summed E-state index contributed by atoms with van der Waals surface area (Å²) >= 11 is 0. The molecule has 2 N–H and O–H groups in total. The quantitative estimate of drug-likeness (QED) is 0.291. The number of hydrogen-bond acceptors (Lipinski definition) is 3. The zero-order valence-corrected chi connectivity index (χ0v) is 18.4. The summed E-state index contributed by atoms with van der Waals surface area (Å²) in [5.41, 5.74) is 3.94. The maximum absolute atomic E-state index is 14.4. The molecule has 1 unspecified atom stereocenters. The predicted octanol–water partition coefficient (Wildman–Crippen LogP) is 5.76. The summed E-state index contributed by atoms with van der Waals surface area (Å²) in [5.74, 6) is -0.399. The second kappa shape index (κ2) is 13.6. The first-order valence-corrected chi connectivity index (χ1v) is 11.6. The average Bonchev–Trinajstić information content (AvgIpc) is 2.71. The monoisotopic (exact) mass is 438 g/mol. The number of unbranched alkanes of at least 4 members (excludes halogenated alkanes) is 3. The first-order chi connectivity index (χ1) is 14.5. The minimum absolute atomic E-state index is 0.197. The fourth-order valence-corrected chi connectivity index (χ4v) is 3.68. The summed E-state index contributed by atoms with van der Waals surface area (Å²) in [6.45, 7) is 3.21. The summed E-state index contributed by atoms with van der Waals surface area (Å²) < 4.78 is 42.3. The lowest BCUT2D eigenvalue weighted by Crippen LogP contribution is -2.17. The van der Waals surface area contributed by atoms with Crippen LogP contribution in [0.15, 0.2) is 36.4 Å². The van der Waals surface area contributed by atoms with Crippen LogP contribution < -0.4 is 5.32 Å². The lowest BCUT2D eigenvalue weighted by molar-refractivity contribution is 0.276.